The molecule has 1 aromatic heterocycles. The Morgan fingerprint density at radius 3 is 2.59 bits per heavy atom. The Kier molecular flexibility index (Phi) is 6.68. The fraction of sp³-hybridized carbons (Fsp3) is 0.478. The van der Waals surface area contributed by atoms with E-state index in [0.717, 1.165) is 28.9 Å². The number of halogens is 1. The fourth-order valence-electron chi connectivity index (χ4n) is 4.57. The average molecular weight is 454 g/mol. The second kappa shape index (κ2) is 9.60. The summed E-state index contributed by atoms with van der Waals surface area (Å²) in [6, 6.07) is 15.6. The van der Waals surface area contributed by atoms with E-state index in [-0.39, 0.29) is 0 Å². The lowest BCUT2D eigenvalue weighted by Gasteiger charge is -2.40. The summed E-state index contributed by atoms with van der Waals surface area (Å²) in [6.45, 7) is 2.10. The number of aromatic nitrogens is 1. The highest BCUT2D eigenvalue weighted by atomic mass is 79.9. The Bertz CT molecular complexity index is 847. The molecule has 1 aliphatic heterocycles. The SMILES string of the molecule is N#Cc1ccc(N2CCCC(N[C@@H]3CCCC[C@H]3Nc3cc(Br)ccn3)C2)cc1. The summed E-state index contributed by atoms with van der Waals surface area (Å²) in [5.41, 5.74) is 1.94. The van der Waals surface area contributed by atoms with Crippen LogP contribution in [-0.4, -0.2) is 36.2 Å². The zero-order chi connectivity index (χ0) is 20.1. The molecule has 1 aliphatic carbocycles. The molecule has 3 atom stereocenters. The number of nitrogens with zero attached hydrogens (tertiary/aromatic N) is 3. The van der Waals surface area contributed by atoms with Crippen LogP contribution in [0.5, 0.6) is 0 Å². The third-order valence-corrected chi connectivity index (χ3v) is 6.55. The Morgan fingerprint density at radius 1 is 1.03 bits per heavy atom. The lowest BCUT2D eigenvalue weighted by molar-refractivity contribution is 0.293. The highest BCUT2D eigenvalue weighted by molar-refractivity contribution is 9.10. The van der Waals surface area contributed by atoms with Crippen LogP contribution in [0.1, 0.15) is 44.1 Å². The van der Waals surface area contributed by atoms with Gasteiger partial charge in [0.05, 0.1) is 11.6 Å². The van der Waals surface area contributed by atoms with Gasteiger partial charge < -0.3 is 15.5 Å². The molecule has 0 amide bonds. The first-order valence-electron chi connectivity index (χ1n) is 10.6. The summed E-state index contributed by atoms with van der Waals surface area (Å²) in [5, 5.41) is 16.7. The summed E-state index contributed by atoms with van der Waals surface area (Å²) in [6.07, 6.45) is 9.19. The van der Waals surface area contributed by atoms with Gasteiger partial charge in [-0.15, -0.1) is 0 Å². The van der Waals surface area contributed by atoms with E-state index in [2.05, 4.69) is 60.7 Å². The van der Waals surface area contributed by atoms with Crippen LogP contribution in [0.25, 0.3) is 0 Å². The maximum atomic E-state index is 9.02. The predicted molar refractivity (Wildman–Crippen MR) is 121 cm³/mol. The van der Waals surface area contributed by atoms with Crippen LogP contribution in [0.4, 0.5) is 11.5 Å². The molecule has 2 fully saturated rings. The van der Waals surface area contributed by atoms with Crippen LogP contribution in [0.2, 0.25) is 0 Å². The van der Waals surface area contributed by atoms with Crippen molar-refractivity contribution in [3.8, 4) is 6.07 Å². The highest BCUT2D eigenvalue weighted by Gasteiger charge is 2.29. The summed E-state index contributed by atoms with van der Waals surface area (Å²) >= 11 is 3.54. The van der Waals surface area contributed by atoms with Gasteiger partial charge in [0.25, 0.3) is 0 Å². The molecule has 0 bridgehead atoms. The second-order valence-electron chi connectivity index (χ2n) is 8.11. The van der Waals surface area contributed by atoms with Crippen molar-refractivity contribution in [2.45, 2.75) is 56.7 Å². The van der Waals surface area contributed by atoms with Crippen molar-refractivity contribution < 1.29 is 0 Å². The monoisotopic (exact) mass is 453 g/mol. The number of hydrogen-bond donors (Lipinski definition) is 2. The topological polar surface area (TPSA) is 64.0 Å². The van der Waals surface area contributed by atoms with E-state index in [1.54, 1.807) is 0 Å². The van der Waals surface area contributed by atoms with Crippen molar-refractivity contribution in [2.24, 2.45) is 0 Å². The summed E-state index contributed by atoms with van der Waals surface area (Å²) < 4.78 is 1.06. The van der Waals surface area contributed by atoms with Gasteiger partial charge in [0.15, 0.2) is 0 Å². The van der Waals surface area contributed by atoms with Gasteiger partial charge >= 0.3 is 0 Å². The summed E-state index contributed by atoms with van der Waals surface area (Å²) in [7, 11) is 0. The van der Waals surface area contributed by atoms with Crippen molar-refractivity contribution in [3.05, 3.63) is 52.6 Å². The third-order valence-electron chi connectivity index (χ3n) is 6.05. The molecule has 1 saturated carbocycles. The van der Waals surface area contributed by atoms with E-state index >= 15 is 0 Å². The normalized spacial score (nSPS) is 24.7. The fourth-order valence-corrected chi connectivity index (χ4v) is 4.91. The minimum Gasteiger partial charge on any atom is -0.370 e. The van der Waals surface area contributed by atoms with Crippen molar-refractivity contribution in [2.75, 3.05) is 23.3 Å². The van der Waals surface area contributed by atoms with E-state index in [1.807, 2.05) is 24.4 Å². The zero-order valence-electron chi connectivity index (χ0n) is 16.6. The van der Waals surface area contributed by atoms with Crippen molar-refractivity contribution in [1.82, 2.24) is 10.3 Å². The van der Waals surface area contributed by atoms with E-state index in [1.165, 1.54) is 44.2 Å². The molecular weight excluding hydrogens is 426 g/mol. The Hall–Kier alpha value is -2.10. The Balaban J connectivity index is 1.38. The molecule has 2 aliphatic rings. The molecule has 4 rings (SSSR count). The number of nitrogens with one attached hydrogen (secondary N) is 2. The Morgan fingerprint density at radius 2 is 1.83 bits per heavy atom. The van der Waals surface area contributed by atoms with Crippen LogP contribution in [0, 0.1) is 11.3 Å². The number of benzene rings is 1. The molecule has 2 heterocycles. The maximum Gasteiger partial charge on any atom is 0.127 e. The minimum absolute atomic E-state index is 0.413. The molecule has 1 unspecified atom stereocenters. The number of pyridine rings is 1. The van der Waals surface area contributed by atoms with Crippen LogP contribution < -0.4 is 15.5 Å². The molecule has 1 aromatic carbocycles. The number of nitriles is 1. The lowest BCUT2D eigenvalue weighted by Crippen LogP contribution is -2.54. The molecule has 5 nitrogen and oxygen atoms in total. The minimum atomic E-state index is 0.413. The predicted octanol–water partition coefficient (Wildman–Crippen LogP) is 4.70. The van der Waals surface area contributed by atoms with E-state index in [0.29, 0.717) is 18.1 Å². The van der Waals surface area contributed by atoms with Gasteiger partial charge in [-0.05, 0) is 62.1 Å². The summed E-state index contributed by atoms with van der Waals surface area (Å²) in [5.74, 6) is 0.945. The third kappa shape index (κ3) is 5.29. The maximum absolute atomic E-state index is 9.02. The van der Waals surface area contributed by atoms with Crippen LogP contribution in [0.3, 0.4) is 0 Å². The van der Waals surface area contributed by atoms with Gasteiger partial charge in [0, 0.05) is 47.6 Å². The highest BCUT2D eigenvalue weighted by Crippen LogP contribution is 2.26. The number of anilines is 2. The summed E-state index contributed by atoms with van der Waals surface area (Å²) in [4.78, 5) is 6.93. The smallest absolute Gasteiger partial charge is 0.127 e. The number of piperidine rings is 1. The van der Waals surface area contributed by atoms with Gasteiger partial charge in [0.2, 0.25) is 0 Å². The van der Waals surface area contributed by atoms with Gasteiger partial charge in [-0.2, -0.15) is 5.26 Å². The molecule has 2 aromatic rings. The van der Waals surface area contributed by atoms with Crippen LogP contribution in [-0.2, 0) is 0 Å². The molecule has 6 heteroatoms. The molecule has 1 saturated heterocycles. The second-order valence-corrected chi connectivity index (χ2v) is 9.03. The van der Waals surface area contributed by atoms with Crippen molar-refractivity contribution >= 4 is 27.4 Å². The molecule has 0 radical (unpaired) electrons. The molecular formula is C23H28BrN5. The number of rotatable bonds is 5. The lowest BCUT2D eigenvalue weighted by atomic mass is 9.89. The average Bonchev–Trinajstić information content (AvgIpc) is 2.75. The Labute approximate surface area is 181 Å². The van der Waals surface area contributed by atoms with E-state index in [4.69, 9.17) is 5.26 Å². The van der Waals surface area contributed by atoms with Crippen LogP contribution >= 0.6 is 15.9 Å². The van der Waals surface area contributed by atoms with Crippen molar-refractivity contribution in [1.29, 1.82) is 5.26 Å². The van der Waals surface area contributed by atoms with Crippen molar-refractivity contribution in [3.63, 3.8) is 0 Å². The molecule has 29 heavy (non-hydrogen) atoms. The first-order chi connectivity index (χ1) is 14.2. The van der Waals surface area contributed by atoms with Gasteiger partial charge in [-0.25, -0.2) is 4.98 Å². The van der Waals surface area contributed by atoms with E-state index < -0.39 is 0 Å². The van der Waals surface area contributed by atoms with Gasteiger partial charge in [-0.3, -0.25) is 0 Å². The number of hydrogen-bond acceptors (Lipinski definition) is 5. The first kappa shape index (κ1) is 20.2. The molecule has 2 N–H and O–H groups in total. The van der Waals surface area contributed by atoms with Gasteiger partial charge in [0.1, 0.15) is 5.82 Å². The largest absolute Gasteiger partial charge is 0.370 e. The zero-order valence-corrected chi connectivity index (χ0v) is 18.2. The first-order valence-corrected chi connectivity index (χ1v) is 11.4. The van der Waals surface area contributed by atoms with E-state index in [9.17, 15) is 0 Å². The van der Waals surface area contributed by atoms with Crippen LogP contribution in [0.15, 0.2) is 47.1 Å². The molecule has 152 valence electrons. The quantitative estimate of drug-likeness (QED) is 0.686. The van der Waals surface area contributed by atoms with Gasteiger partial charge in [-0.1, -0.05) is 28.8 Å². The standard InChI is InChI=1S/C23H28BrN5/c24-18-11-12-26-23(14-18)28-22-6-2-1-5-21(22)27-19-4-3-13-29(16-19)20-9-7-17(15-25)8-10-20/h7-12,14,19,21-22,27H,1-6,13,16H2,(H,26,28)/t19?,21-,22-/m1/s1. The molecule has 0 spiro atoms.